The first-order valence-electron chi connectivity index (χ1n) is 7.17. The highest BCUT2D eigenvalue weighted by Crippen LogP contribution is 2.21. The molecule has 0 spiro atoms. The van der Waals surface area contributed by atoms with Crippen LogP contribution in [0.15, 0.2) is 29.2 Å². The van der Waals surface area contributed by atoms with Gasteiger partial charge in [-0.3, -0.25) is 4.79 Å². The van der Waals surface area contributed by atoms with Gasteiger partial charge in [0.1, 0.15) is 0 Å². The highest BCUT2D eigenvalue weighted by molar-refractivity contribution is 7.98. The van der Waals surface area contributed by atoms with E-state index in [-0.39, 0.29) is 11.5 Å². The molecule has 0 aliphatic carbocycles. The van der Waals surface area contributed by atoms with Crippen LogP contribution >= 0.6 is 11.8 Å². The maximum absolute atomic E-state index is 12.2. The largest absolute Gasteiger partial charge is 0.449 e. The molecule has 1 aromatic carbocycles. The van der Waals surface area contributed by atoms with Crippen LogP contribution in [0.3, 0.4) is 0 Å². The Hall–Kier alpha value is -1.54. The summed E-state index contributed by atoms with van der Waals surface area (Å²) in [5, 5.41) is 2.62. The van der Waals surface area contributed by atoms with E-state index in [1.807, 2.05) is 12.3 Å². The van der Waals surface area contributed by atoms with Gasteiger partial charge in [0.25, 0.3) is 5.91 Å². The molecule has 2 atom stereocenters. The van der Waals surface area contributed by atoms with Gasteiger partial charge in [0.05, 0.1) is 17.1 Å². The third kappa shape index (κ3) is 4.71. The Balaban J connectivity index is 1.94. The molecule has 8 heteroatoms. The van der Waals surface area contributed by atoms with Crippen LogP contribution in [0.5, 0.6) is 0 Å². The van der Waals surface area contributed by atoms with Gasteiger partial charge in [-0.05, 0) is 31.7 Å². The predicted octanol–water partition coefficient (Wildman–Crippen LogP) is 1.26. The molecule has 1 heterocycles. The van der Waals surface area contributed by atoms with Crippen molar-refractivity contribution in [1.29, 1.82) is 0 Å². The summed E-state index contributed by atoms with van der Waals surface area (Å²) in [7, 11) is -3.07. The molecule has 2 rings (SSSR count). The summed E-state index contributed by atoms with van der Waals surface area (Å²) in [4.78, 5) is 25.0. The number of benzene rings is 1. The van der Waals surface area contributed by atoms with Crippen molar-refractivity contribution in [3.05, 3.63) is 29.8 Å². The van der Waals surface area contributed by atoms with Gasteiger partial charge in [-0.2, -0.15) is 0 Å². The molecule has 0 aromatic heterocycles. The topological polar surface area (TPSA) is 89.5 Å². The molecule has 126 valence electrons. The van der Waals surface area contributed by atoms with Crippen molar-refractivity contribution in [1.82, 2.24) is 5.32 Å². The number of carbonyl (C=O) groups excluding carboxylic acids is 2. The average molecular weight is 357 g/mol. The number of hydrogen-bond acceptors (Lipinski definition) is 6. The molecule has 0 bridgehead atoms. The molecule has 1 N–H and O–H groups in total. The molecule has 1 saturated heterocycles. The lowest BCUT2D eigenvalue weighted by Gasteiger charge is -2.17. The van der Waals surface area contributed by atoms with Gasteiger partial charge in [0.15, 0.2) is 15.9 Å². The standard InChI is InChI=1S/C15H19NO5S2/c1-10(14(17)16-11-7-8-23(19,20)9-11)21-15(18)12-5-3-4-6-13(12)22-2/h3-6,10-11H,7-9H2,1-2H3,(H,16,17)/t10-,11+/m0/s1. The van der Waals surface area contributed by atoms with Crippen LogP contribution in [-0.4, -0.2) is 50.2 Å². The normalized spacial score (nSPS) is 20.7. The van der Waals surface area contributed by atoms with Crippen LogP contribution in [0.2, 0.25) is 0 Å². The fourth-order valence-corrected chi connectivity index (χ4v) is 4.58. The second-order valence-electron chi connectivity index (χ2n) is 5.36. The van der Waals surface area contributed by atoms with Crippen molar-refractivity contribution in [2.24, 2.45) is 0 Å². The summed E-state index contributed by atoms with van der Waals surface area (Å²) in [6.07, 6.45) is 1.26. The van der Waals surface area contributed by atoms with Crippen molar-refractivity contribution < 1.29 is 22.7 Å². The Labute approximate surface area is 139 Å². The van der Waals surface area contributed by atoms with Crippen molar-refractivity contribution in [3.63, 3.8) is 0 Å². The molecule has 0 saturated carbocycles. The van der Waals surface area contributed by atoms with E-state index in [4.69, 9.17) is 4.74 Å². The molecule has 0 radical (unpaired) electrons. The summed E-state index contributed by atoms with van der Waals surface area (Å²) in [5.74, 6) is -1.04. The van der Waals surface area contributed by atoms with Gasteiger partial charge in [0.2, 0.25) is 0 Å². The minimum Gasteiger partial charge on any atom is -0.449 e. The number of nitrogens with one attached hydrogen (secondary N) is 1. The van der Waals surface area contributed by atoms with Crippen molar-refractivity contribution in [3.8, 4) is 0 Å². The SMILES string of the molecule is CSc1ccccc1C(=O)O[C@@H](C)C(=O)N[C@@H]1CCS(=O)(=O)C1. The van der Waals surface area contributed by atoms with Crippen LogP contribution in [0.4, 0.5) is 0 Å². The number of amides is 1. The summed E-state index contributed by atoms with van der Waals surface area (Å²) in [6, 6.07) is 6.58. The number of sulfone groups is 1. The van der Waals surface area contributed by atoms with E-state index in [1.165, 1.54) is 18.7 Å². The number of ether oxygens (including phenoxy) is 1. The zero-order chi connectivity index (χ0) is 17.0. The first-order chi connectivity index (χ1) is 10.8. The van der Waals surface area contributed by atoms with Gasteiger partial charge < -0.3 is 10.1 Å². The van der Waals surface area contributed by atoms with Gasteiger partial charge in [-0.1, -0.05) is 12.1 Å². The van der Waals surface area contributed by atoms with Crippen molar-refractivity contribution in [2.45, 2.75) is 30.4 Å². The summed E-state index contributed by atoms with van der Waals surface area (Å²) in [5.41, 5.74) is 0.406. The number of thioether (sulfide) groups is 1. The quantitative estimate of drug-likeness (QED) is 0.630. The number of esters is 1. The maximum Gasteiger partial charge on any atom is 0.340 e. The molecule has 1 fully saturated rings. The fourth-order valence-electron chi connectivity index (χ4n) is 2.32. The van der Waals surface area contributed by atoms with Crippen molar-refractivity contribution in [2.75, 3.05) is 17.8 Å². The molecule has 6 nitrogen and oxygen atoms in total. The summed E-state index contributed by atoms with van der Waals surface area (Å²) in [6.45, 7) is 1.47. The Morgan fingerprint density at radius 3 is 2.65 bits per heavy atom. The van der Waals surface area contributed by atoms with Crippen LogP contribution in [0.25, 0.3) is 0 Å². The molecule has 1 aliphatic heterocycles. The Bertz CT molecular complexity index is 702. The van der Waals surface area contributed by atoms with Gasteiger partial charge in [0, 0.05) is 10.9 Å². The minimum atomic E-state index is -3.07. The van der Waals surface area contributed by atoms with E-state index in [2.05, 4.69) is 5.32 Å². The molecule has 0 unspecified atom stereocenters. The van der Waals surface area contributed by atoms with Crippen LogP contribution < -0.4 is 5.32 Å². The Morgan fingerprint density at radius 2 is 2.04 bits per heavy atom. The Morgan fingerprint density at radius 1 is 1.35 bits per heavy atom. The third-order valence-corrected chi connectivity index (χ3v) is 6.12. The minimum absolute atomic E-state index is 0.0608. The number of carbonyl (C=O) groups is 2. The van der Waals surface area contributed by atoms with Crippen molar-refractivity contribution >= 4 is 33.5 Å². The summed E-state index contributed by atoms with van der Waals surface area (Å²) >= 11 is 1.42. The molecule has 1 amide bonds. The van der Waals surface area contributed by atoms with E-state index in [0.29, 0.717) is 12.0 Å². The number of rotatable bonds is 5. The maximum atomic E-state index is 12.2. The van der Waals surface area contributed by atoms with Crippen LogP contribution in [-0.2, 0) is 19.4 Å². The first-order valence-corrected chi connectivity index (χ1v) is 10.2. The molecular weight excluding hydrogens is 338 g/mol. The predicted molar refractivity (Wildman–Crippen MR) is 88.3 cm³/mol. The monoisotopic (exact) mass is 357 g/mol. The molecule has 23 heavy (non-hydrogen) atoms. The second kappa shape index (κ2) is 7.35. The van der Waals surface area contributed by atoms with Crippen LogP contribution in [0.1, 0.15) is 23.7 Å². The zero-order valence-electron chi connectivity index (χ0n) is 12.9. The Kier molecular flexibility index (Phi) is 5.69. The lowest BCUT2D eigenvalue weighted by molar-refractivity contribution is -0.129. The molecule has 1 aliphatic rings. The van der Waals surface area contributed by atoms with E-state index < -0.39 is 33.9 Å². The highest BCUT2D eigenvalue weighted by atomic mass is 32.2. The van der Waals surface area contributed by atoms with Gasteiger partial charge in [-0.25, -0.2) is 13.2 Å². The zero-order valence-corrected chi connectivity index (χ0v) is 14.6. The second-order valence-corrected chi connectivity index (χ2v) is 8.43. The van der Waals surface area contributed by atoms with E-state index >= 15 is 0 Å². The highest BCUT2D eigenvalue weighted by Gasteiger charge is 2.31. The number of hydrogen-bond donors (Lipinski definition) is 1. The van der Waals surface area contributed by atoms with Gasteiger partial charge >= 0.3 is 5.97 Å². The summed E-state index contributed by atoms with van der Waals surface area (Å²) < 4.78 is 28.0. The lowest BCUT2D eigenvalue weighted by Crippen LogP contribution is -2.42. The van der Waals surface area contributed by atoms with E-state index in [0.717, 1.165) is 4.90 Å². The molecule has 1 aromatic rings. The van der Waals surface area contributed by atoms with E-state index in [1.54, 1.807) is 18.2 Å². The molecular formula is C15H19NO5S2. The lowest BCUT2D eigenvalue weighted by atomic mass is 10.2. The van der Waals surface area contributed by atoms with E-state index in [9.17, 15) is 18.0 Å². The smallest absolute Gasteiger partial charge is 0.340 e. The van der Waals surface area contributed by atoms with Crippen LogP contribution in [0, 0.1) is 0 Å². The fraction of sp³-hybridized carbons (Fsp3) is 0.467. The first kappa shape index (κ1) is 17.8. The van der Waals surface area contributed by atoms with Gasteiger partial charge in [-0.15, -0.1) is 11.8 Å². The average Bonchev–Trinajstić information content (AvgIpc) is 2.85. The third-order valence-electron chi connectivity index (χ3n) is 3.56.